The Morgan fingerprint density at radius 2 is 1.91 bits per heavy atom. The molecular formula is C24H25N5O2S. The van der Waals surface area contributed by atoms with Gasteiger partial charge in [0, 0.05) is 23.6 Å². The van der Waals surface area contributed by atoms with Crippen LogP contribution in [0, 0.1) is 0 Å². The Labute approximate surface area is 191 Å². The van der Waals surface area contributed by atoms with Crippen molar-refractivity contribution < 1.29 is 9.21 Å². The fourth-order valence-corrected chi connectivity index (χ4v) is 4.01. The summed E-state index contributed by atoms with van der Waals surface area (Å²) in [7, 11) is 0. The number of carbonyl (C=O) groups excluding carboxylic acids is 1. The third-order valence-electron chi connectivity index (χ3n) is 4.94. The molecule has 0 aliphatic carbocycles. The van der Waals surface area contributed by atoms with E-state index in [1.165, 1.54) is 30.2 Å². The molecule has 0 radical (unpaired) electrons. The number of aryl methyl sites for hydroxylation is 1. The fourth-order valence-electron chi connectivity index (χ4n) is 3.27. The van der Waals surface area contributed by atoms with Crippen LogP contribution in [0.1, 0.15) is 31.1 Å². The molecule has 0 saturated heterocycles. The fraction of sp³-hybridized carbons (Fsp3) is 0.250. The molecule has 32 heavy (non-hydrogen) atoms. The van der Waals surface area contributed by atoms with E-state index in [0.717, 1.165) is 23.4 Å². The molecule has 0 bridgehead atoms. The van der Waals surface area contributed by atoms with E-state index in [1.807, 2.05) is 41.0 Å². The SMILES string of the molecule is CCCCc1ccc(NC(=O)CSc2nnc(-c3ccncc3)n2Cc2ccco2)cc1. The van der Waals surface area contributed by atoms with Crippen molar-refractivity contribution in [3.05, 3.63) is 78.5 Å². The highest BCUT2D eigenvalue weighted by atomic mass is 32.2. The molecule has 3 aromatic heterocycles. The van der Waals surface area contributed by atoms with Crippen molar-refractivity contribution in [1.82, 2.24) is 19.7 Å². The van der Waals surface area contributed by atoms with E-state index in [0.29, 0.717) is 17.5 Å². The molecule has 1 amide bonds. The lowest BCUT2D eigenvalue weighted by Gasteiger charge is -2.09. The number of aromatic nitrogens is 4. The average Bonchev–Trinajstić information content (AvgIpc) is 3.48. The van der Waals surface area contributed by atoms with Crippen LogP contribution in [0.5, 0.6) is 0 Å². The van der Waals surface area contributed by atoms with Gasteiger partial charge in [0.05, 0.1) is 18.6 Å². The van der Waals surface area contributed by atoms with Gasteiger partial charge in [-0.3, -0.25) is 14.3 Å². The summed E-state index contributed by atoms with van der Waals surface area (Å²) in [6.45, 7) is 2.66. The molecule has 164 valence electrons. The molecule has 4 rings (SSSR count). The number of hydrogen-bond donors (Lipinski definition) is 1. The van der Waals surface area contributed by atoms with E-state index >= 15 is 0 Å². The van der Waals surface area contributed by atoms with E-state index in [2.05, 4.69) is 39.6 Å². The minimum atomic E-state index is -0.0886. The summed E-state index contributed by atoms with van der Waals surface area (Å²) in [4.78, 5) is 16.6. The van der Waals surface area contributed by atoms with E-state index in [1.54, 1.807) is 18.7 Å². The number of carbonyl (C=O) groups is 1. The van der Waals surface area contributed by atoms with Crippen LogP contribution >= 0.6 is 11.8 Å². The smallest absolute Gasteiger partial charge is 0.234 e. The van der Waals surface area contributed by atoms with Crippen LogP contribution in [-0.2, 0) is 17.8 Å². The molecule has 8 heteroatoms. The van der Waals surface area contributed by atoms with Gasteiger partial charge in [-0.15, -0.1) is 10.2 Å². The molecule has 0 spiro atoms. The number of nitrogens with one attached hydrogen (secondary N) is 1. The van der Waals surface area contributed by atoms with Gasteiger partial charge >= 0.3 is 0 Å². The van der Waals surface area contributed by atoms with Crippen LogP contribution in [-0.4, -0.2) is 31.4 Å². The van der Waals surface area contributed by atoms with Gasteiger partial charge in [-0.2, -0.15) is 0 Å². The molecule has 0 aliphatic rings. The first kappa shape index (κ1) is 21.8. The molecule has 0 aliphatic heterocycles. The van der Waals surface area contributed by atoms with Crippen molar-refractivity contribution in [3.63, 3.8) is 0 Å². The lowest BCUT2D eigenvalue weighted by molar-refractivity contribution is -0.113. The highest BCUT2D eigenvalue weighted by Crippen LogP contribution is 2.25. The second-order valence-corrected chi connectivity index (χ2v) is 8.29. The second kappa shape index (κ2) is 10.8. The van der Waals surface area contributed by atoms with Gasteiger partial charge in [-0.05, 0) is 54.8 Å². The summed E-state index contributed by atoms with van der Waals surface area (Å²) in [5, 5.41) is 12.3. The lowest BCUT2D eigenvalue weighted by Crippen LogP contribution is -2.14. The van der Waals surface area contributed by atoms with E-state index in [4.69, 9.17) is 4.42 Å². The number of furan rings is 1. The van der Waals surface area contributed by atoms with Crippen molar-refractivity contribution >= 4 is 23.4 Å². The number of unbranched alkanes of at least 4 members (excludes halogenated alkanes) is 1. The van der Waals surface area contributed by atoms with Gasteiger partial charge in [0.1, 0.15) is 5.76 Å². The summed E-state index contributed by atoms with van der Waals surface area (Å²) >= 11 is 1.35. The number of pyridine rings is 1. The van der Waals surface area contributed by atoms with E-state index in [-0.39, 0.29) is 11.7 Å². The molecule has 4 aromatic rings. The number of rotatable bonds is 10. The van der Waals surface area contributed by atoms with Crippen molar-refractivity contribution in [2.24, 2.45) is 0 Å². The monoisotopic (exact) mass is 447 g/mol. The Bertz CT molecular complexity index is 1130. The lowest BCUT2D eigenvalue weighted by atomic mass is 10.1. The first-order chi connectivity index (χ1) is 15.7. The predicted octanol–water partition coefficient (Wildman–Crippen LogP) is 5.05. The van der Waals surface area contributed by atoms with Crippen molar-refractivity contribution in [2.75, 3.05) is 11.1 Å². The molecule has 1 aromatic carbocycles. The Kier molecular flexibility index (Phi) is 7.34. The maximum atomic E-state index is 12.5. The molecule has 0 unspecified atom stereocenters. The minimum absolute atomic E-state index is 0.0886. The maximum Gasteiger partial charge on any atom is 0.234 e. The zero-order valence-corrected chi connectivity index (χ0v) is 18.7. The number of benzene rings is 1. The number of anilines is 1. The van der Waals surface area contributed by atoms with Crippen LogP contribution in [0.3, 0.4) is 0 Å². The van der Waals surface area contributed by atoms with Crippen LogP contribution in [0.4, 0.5) is 5.69 Å². The quantitative estimate of drug-likeness (QED) is 0.342. The van der Waals surface area contributed by atoms with E-state index in [9.17, 15) is 4.79 Å². The third kappa shape index (κ3) is 5.64. The average molecular weight is 448 g/mol. The highest BCUT2D eigenvalue weighted by Gasteiger charge is 2.17. The van der Waals surface area contributed by atoms with Crippen LogP contribution in [0.25, 0.3) is 11.4 Å². The zero-order valence-electron chi connectivity index (χ0n) is 17.9. The summed E-state index contributed by atoms with van der Waals surface area (Å²) in [5.41, 5.74) is 2.98. The summed E-state index contributed by atoms with van der Waals surface area (Å²) in [6.07, 6.45) is 8.47. The number of nitrogens with zero attached hydrogens (tertiary/aromatic N) is 4. The first-order valence-corrected chi connectivity index (χ1v) is 11.6. The Morgan fingerprint density at radius 1 is 1.09 bits per heavy atom. The Balaban J connectivity index is 1.43. The third-order valence-corrected chi connectivity index (χ3v) is 5.91. The molecule has 3 heterocycles. The number of hydrogen-bond acceptors (Lipinski definition) is 6. The number of amides is 1. The zero-order chi connectivity index (χ0) is 22.2. The van der Waals surface area contributed by atoms with Crippen LogP contribution in [0.15, 0.2) is 76.8 Å². The molecular weight excluding hydrogens is 422 g/mol. The topological polar surface area (TPSA) is 85.8 Å². The van der Waals surface area contributed by atoms with Crippen molar-refractivity contribution in [3.8, 4) is 11.4 Å². The van der Waals surface area contributed by atoms with Crippen LogP contribution < -0.4 is 5.32 Å². The molecule has 7 nitrogen and oxygen atoms in total. The van der Waals surface area contributed by atoms with Gasteiger partial charge in [0.25, 0.3) is 0 Å². The van der Waals surface area contributed by atoms with Crippen LogP contribution in [0.2, 0.25) is 0 Å². The standard InChI is InChI=1S/C24H25N5O2S/c1-2-3-5-18-7-9-20(10-8-18)26-22(30)17-32-24-28-27-23(19-11-13-25-14-12-19)29(24)16-21-6-4-15-31-21/h4,6-15H,2-3,5,16-17H2,1H3,(H,26,30). The summed E-state index contributed by atoms with van der Waals surface area (Å²) in [5.74, 6) is 1.63. The minimum Gasteiger partial charge on any atom is -0.467 e. The molecule has 0 atom stereocenters. The molecule has 0 fully saturated rings. The molecule has 1 N–H and O–H groups in total. The first-order valence-electron chi connectivity index (χ1n) is 10.6. The van der Waals surface area contributed by atoms with Gasteiger partial charge < -0.3 is 9.73 Å². The normalized spacial score (nSPS) is 10.9. The summed E-state index contributed by atoms with van der Waals surface area (Å²) < 4.78 is 7.47. The largest absolute Gasteiger partial charge is 0.467 e. The van der Waals surface area contributed by atoms with Gasteiger partial charge in [-0.25, -0.2) is 0 Å². The maximum absolute atomic E-state index is 12.5. The van der Waals surface area contributed by atoms with Crippen molar-refractivity contribution in [2.45, 2.75) is 37.9 Å². The predicted molar refractivity (Wildman–Crippen MR) is 125 cm³/mol. The van der Waals surface area contributed by atoms with Gasteiger partial charge in [0.15, 0.2) is 11.0 Å². The van der Waals surface area contributed by atoms with Crippen molar-refractivity contribution in [1.29, 1.82) is 0 Å². The van der Waals surface area contributed by atoms with Gasteiger partial charge in [0.2, 0.25) is 5.91 Å². The highest BCUT2D eigenvalue weighted by molar-refractivity contribution is 7.99. The van der Waals surface area contributed by atoms with E-state index < -0.39 is 0 Å². The Hall–Kier alpha value is -3.39. The second-order valence-electron chi connectivity index (χ2n) is 7.34. The number of thioether (sulfide) groups is 1. The Morgan fingerprint density at radius 3 is 2.62 bits per heavy atom. The molecule has 0 saturated carbocycles. The summed E-state index contributed by atoms with van der Waals surface area (Å²) in [6, 6.07) is 15.6. The van der Waals surface area contributed by atoms with Gasteiger partial charge in [-0.1, -0.05) is 37.2 Å².